The van der Waals surface area contributed by atoms with Crippen molar-refractivity contribution >= 4 is 5.78 Å². The highest BCUT2D eigenvalue weighted by Gasteiger charge is 2.09. The van der Waals surface area contributed by atoms with Crippen molar-refractivity contribution in [1.29, 1.82) is 0 Å². The normalized spacial score (nSPS) is 12.5. The summed E-state index contributed by atoms with van der Waals surface area (Å²) in [7, 11) is 1.60. The Morgan fingerprint density at radius 3 is 2.93 bits per heavy atom. The molecule has 0 aromatic carbocycles. The molecule has 1 atom stereocenters. The predicted octanol–water partition coefficient (Wildman–Crippen LogP) is 2.22. The van der Waals surface area contributed by atoms with E-state index in [0.29, 0.717) is 18.4 Å². The minimum atomic E-state index is -0.486. The number of rotatable bonds is 5. The van der Waals surface area contributed by atoms with Crippen molar-refractivity contribution in [3.05, 3.63) is 29.8 Å². The third-order valence-corrected chi connectivity index (χ3v) is 2.21. The van der Waals surface area contributed by atoms with Crippen molar-refractivity contribution in [3.63, 3.8) is 0 Å². The van der Waals surface area contributed by atoms with Crippen molar-refractivity contribution < 1.29 is 13.9 Å². The predicted molar refractivity (Wildman–Crippen MR) is 54.2 cm³/mol. The Balaban J connectivity index is 2.54. The van der Waals surface area contributed by atoms with Gasteiger partial charge in [0, 0.05) is 25.3 Å². The first-order valence-corrected chi connectivity index (χ1v) is 4.80. The second-order valence-electron chi connectivity index (χ2n) is 3.40. The van der Waals surface area contributed by atoms with Gasteiger partial charge in [0.05, 0.1) is 12.3 Å². The van der Waals surface area contributed by atoms with Crippen molar-refractivity contribution in [2.45, 2.75) is 25.9 Å². The summed E-state index contributed by atoms with van der Waals surface area (Å²) in [6.45, 7) is 1.89. The van der Waals surface area contributed by atoms with E-state index in [1.165, 1.54) is 12.3 Å². The Morgan fingerprint density at radius 1 is 1.60 bits per heavy atom. The van der Waals surface area contributed by atoms with Gasteiger partial charge < -0.3 is 4.74 Å². The topological polar surface area (TPSA) is 39.2 Å². The second kappa shape index (κ2) is 5.56. The molecule has 1 heterocycles. The number of nitrogens with zero attached hydrogens (tertiary/aromatic N) is 1. The standard InChI is InChI=1S/C11H14FNO2/c1-8(15-2)3-4-11(14)9-5-10(12)7-13-6-9/h5-8H,3-4H2,1-2H3. The Labute approximate surface area is 88.3 Å². The van der Waals surface area contributed by atoms with Gasteiger partial charge in [-0.3, -0.25) is 9.78 Å². The molecule has 0 aliphatic rings. The van der Waals surface area contributed by atoms with Crippen molar-refractivity contribution in [2.75, 3.05) is 7.11 Å². The van der Waals surface area contributed by atoms with Gasteiger partial charge in [0.1, 0.15) is 5.82 Å². The van der Waals surface area contributed by atoms with Crippen molar-refractivity contribution in [3.8, 4) is 0 Å². The van der Waals surface area contributed by atoms with E-state index in [1.54, 1.807) is 7.11 Å². The summed E-state index contributed by atoms with van der Waals surface area (Å²) < 4.78 is 17.8. The van der Waals surface area contributed by atoms with Gasteiger partial charge in [-0.25, -0.2) is 4.39 Å². The van der Waals surface area contributed by atoms with E-state index in [9.17, 15) is 9.18 Å². The fourth-order valence-electron chi connectivity index (χ4n) is 1.16. The molecule has 0 saturated carbocycles. The van der Waals surface area contributed by atoms with Crippen LogP contribution in [-0.2, 0) is 4.74 Å². The summed E-state index contributed by atoms with van der Waals surface area (Å²) in [5, 5.41) is 0. The molecule has 1 rings (SSSR count). The van der Waals surface area contributed by atoms with Crippen molar-refractivity contribution in [2.24, 2.45) is 0 Å². The molecular formula is C11H14FNO2. The highest BCUT2D eigenvalue weighted by Crippen LogP contribution is 2.08. The number of carbonyl (C=O) groups excluding carboxylic acids is 1. The number of hydrogen-bond donors (Lipinski definition) is 0. The van der Waals surface area contributed by atoms with Crippen LogP contribution in [0, 0.1) is 5.82 Å². The zero-order valence-electron chi connectivity index (χ0n) is 8.87. The number of Topliss-reactive ketones (excluding diaryl/α,β-unsaturated/α-hetero) is 1. The van der Waals surface area contributed by atoms with Gasteiger partial charge in [0.15, 0.2) is 5.78 Å². The average molecular weight is 211 g/mol. The van der Waals surface area contributed by atoms with E-state index in [0.717, 1.165) is 6.20 Å². The van der Waals surface area contributed by atoms with Crippen LogP contribution in [0.25, 0.3) is 0 Å². The van der Waals surface area contributed by atoms with Crippen LogP contribution in [0.5, 0.6) is 0 Å². The first kappa shape index (κ1) is 11.8. The van der Waals surface area contributed by atoms with Crippen LogP contribution in [0.1, 0.15) is 30.1 Å². The molecule has 15 heavy (non-hydrogen) atoms. The molecule has 0 fully saturated rings. The van der Waals surface area contributed by atoms with Gasteiger partial charge in [-0.1, -0.05) is 0 Å². The van der Waals surface area contributed by atoms with Crippen molar-refractivity contribution in [1.82, 2.24) is 4.98 Å². The maximum atomic E-state index is 12.8. The number of halogens is 1. The lowest BCUT2D eigenvalue weighted by atomic mass is 10.1. The minimum Gasteiger partial charge on any atom is -0.382 e. The Kier molecular flexibility index (Phi) is 4.37. The molecule has 0 aliphatic carbocycles. The molecular weight excluding hydrogens is 197 g/mol. The fraction of sp³-hybridized carbons (Fsp3) is 0.455. The summed E-state index contributed by atoms with van der Waals surface area (Å²) in [6.07, 6.45) is 3.47. The molecule has 0 bridgehead atoms. The van der Waals surface area contributed by atoms with E-state index in [1.807, 2.05) is 6.92 Å². The SMILES string of the molecule is COC(C)CCC(=O)c1cncc(F)c1. The summed E-state index contributed by atoms with van der Waals surface area (Å²) in [5.74, 6) is -0.591. The average Bonchev–Trinajstić information content (AvgIpc) is 2.25. The molecule has 1 aromatic rings. The quantitative estimate of drug-likeness (QED) is 0.701. The Morgan fingerprint density at radius 2 is 2.33 bits per heavy atom. The summed E-state index contributed by atoms with van der Waals surface area (Å²) in [5.41, 5.74) is 0.318. The van der Waals surface area contributed by atoms with E-state index in [2.05, 4.69) is 4.98 Å². The number of aromatic nitrogens is 1. The van der Waals surface area contributed by atoms with Gasteiger partial charge in [-0.2, -0.15) is 0 Å². The second-order valence-corrected chi connectivity index (χ2v) is 3.40. The van der Waals surface area contributed by atoms with E-state index in [4.69, 9.17) is 4.74 Å². The van der Waals surface area contributed by atoms with E-state index < -0.39 is 5.82 Å². The van der Waals surface area contributed by atoms with Crippen LogP contribution in [0.3, 0.4) is 0 Å². The molecule has 0 amide bonds. The van der Waals surface area contributed by atoms with Gasteiger partial charge in [0.25, 0.3) is 0 Å². The number of pyridine rings is 1. The number of methoxy groups -OCH3 is 1. The Bertz CT molecular complexity index is 341. The van der Waals surface area contributed by atoms with Gasteiger partial charge in [-0.15, -0.1) is 0 Å². The first-order valence-electron chi connectivity index (χ1n) is 4.80. The van der Waals surface area contributed by atoms with Crippen LogP contribution in [-0.4, -0.2) is 24.0 Å². The smallest absolute Gasteiger partial charge is 0.164 e. The lowest BCUT2D eigenvalue weighted by molar-refractivity contribution is 0.0877. The molecule has 0 radical (unpaired) electrons. The molecule has 0 aliphatic heterocycles. The van der Waals surface area contributed by atoms with Crippen LogP contribution in [0.15, 0.2) is 18.5 Å². The minimum absolute atomic E-state index is 0.0375. The number of ether oxygens (including phenoxy) is 1. The number of carbonyl (C=O) groups is 1. The maximum Gasteiger partial charge on any atom is 0.164 e. The third kappa shape index (κ3) is 3.75. The molecule has 0 N–H and O–H groups in total. The molecule has 1 aromatic heterocycles. The van der Waals surface area contributed by atoms with Crippen LogP contribution in [0.4, 0.5) is 4.39 Å². The maximum absolute atomic E-state index is 12.8. The fourth-order valence-corrected chi connectivity index (χ4v) is 1.16. The summed E-state index contributed by atoms with van der Waals surface area (Å²) >= 11 is 0. The molecule has 3 nitrogen and oxygen atoms in total. The van der Waals surface area contributed by atoms with Crippen LogP contribution >= 0.6 is 0 Å². The first-order chi connectivity index (χ1) is 7.13. The van der Waals surface area contributed by atoms with Crippen LogP contribution < -0.4 is 0 Å². The summed E-state index contributed by atoms with van der Waals surface area (Å²) in [6, 6.07) is 1.20. The van der Waals surface area contributed by atoms with E-state index in [-0.39, 0.29) is 11.9 Å². The van der Waals surface area contributed by atoms with E-state index >= 15 is 0 Å². The lowest BCUT2D eigenvalue weighted by Crippen LogP contribution is -2.09. The molecule has 1 unspecified atom stereocenters. The zero-order chi connectivity index (χ0) is 11.3. The lowest BCUT2D eigenvalue weighted by Gasteiger charge is -2.07. The molecule has 0 saturated heterocycles. The van der Waals surface area contributed by atoms with Gasteiger partial charge in [-0.05, 0) is 19.4 Å². The number of ketones is 1. The van der Waals surface area contributed by atoms with Gasteiger partial charge in [0.2, 0.25) is 0 Å². The largest absolute Gasteiger partial charge is 0.382 e. The third-order valence-electron chi connectivity index (χ3n) is 2.21. The highest BCUT2D eigenvalue weighted by molar-refractivity contribution is 5.95. The monoisotopic (exact) mass is 211 g/mol. The Hall–Kier alpha value is -1.29. The number of hydrogen-bond acceptors (Lipinski definition) is 3. The zero-order valence-corrected chi connectivity index (χ0v) is 8.87. The highest BCUT2D eigenvalue weighted by atomic mass is 19.1. The van der Waals surface area contributed by atoms with Crippen LogP contribution in [0.2, 0.25) is 0 Å². The molecule has 4 heteroatoms. The summed E-state index contributed by atoms with van der Waals surface area (Å²) in [4.78, 5) is 15.2. The molecule has 82 valence electrons. The molecule has 0 spiro atoms. The van der Waals surface area contributed by atoms with Gasteiger partial charge >= 0.3 is 0 Å².